The highest BCUT2D eigenvalue weighted by Gasteiger charge is 2.28. The summed E-state index contributed by atoms with van der Waals surface area (Å²) in [6, 6.07) is 9.84. The number of benzene rings is 2. The zero-order valence-corrected chi connectivity index (χ0v) is 18.1. The minimum absolute atomic E-state index is 0.00746. The molecule has 2 amide bonds. The lowest BCUT2D eigenvalue weighted by Crippen LogP contribution is -2.45. The van der Waals surface area contributed by atoms with Crippen LogP contribution in [0.4, 0.5) is 5.69 Å². The maximum absolute atomic E-state index is 12.5. The molecule has 2 aromatic rings. The van der Waals surface area contributed by atoms with E-state index in [0.29, 0.717) is 43.4 Å². The van der Waals surface area contributed by atoms with Crippen LogP contribution in [0.5, 0.6) is 17.2 Å². The highest BCUT2D eigenvalue weighted by Crippen LogP contribution is 2.33. The van der Waals surface area contributed by atoms with Crippen molar-refractivity contribution >= 4 is 23.5 Å². The Hall–Kier alpha value is -3.75. The molecule has 32 heavy (non-hydrogen) atoms. The molecular weight excluding hydrogens is 416 g/mol. The van der Waals surface area contributed by atoms with Gasteiger partial charge in [0.15, 0.2) is 18.1 Å². The Bertz CT molecular complexity index is 1010. The predicted molar refractivity (Wildman–Crippen MR) is 117 cm³/mol. The fraction of sp³-hybridized carbons (Fsp3) is 0.348. The van der Waals surface area contributed by atoms with E-state index >= 15 is 0 Å². The molecule has 0 saturated heterocycles. The average molecular weight is 442 g/mol. The van der Waals surface area contributed by atoms with E-state index < -0.39 is 11.9 Å². The van der Waals surface area contributed by atoms with Gasteiger partial charge < -0.3 is 24.6 Å². The summed E-state index contributed by atoms with van der Waals surface area (Å²) < 4.78 is 16.5. The van der Waals surface area contributed by atoms with Crippen molar-refractivity contribution in [2.45, 2.75) is 20.3 Å². The van der Waals surface area contributed by atoms with Crippen LogP contribution < -0.4 is 24.4 Å². The van der Waals surface area contributed by atoms with E-state index in [1.165, 1.54) is 23.1 Å². The lowest BCUT2D eigenvalue weighted by molar-refractivity contribution is -0.125. The first kappa shape index (κ1) is 22.9. The molecule has 2 aromatic carbocycles. The standard InChI is InChI=1S/C23H26N2O7/c1-3-30-19-7-5-15(11-20(19)31-4-2)9-10-24-21(26)13-25-17-12-16(23(28)29)6-8-18(17)32-14-22(25)27/h5-8,11-12H,3-4,9-10,13-14H2,1-2H3,(H,24,26)(H,28,29). The Kier molecular flexibility index (Phi) is 7.54. The molecule has 9 nitrogen and oxygen atoms in total. The predicted octanol–water partition coefficient (Wildman–Crippen LogP) is 2.27. The van der Waals surface area contributed by atoms with Gasteiger partial charge in [0.05, 0.1) is 24.5 Å². The maximum Gasteiger partial charge on any atom is 0.335 e. The molecule has 0 radical (unpaired) electrons. The summed E-state index contributed by atoms with van der Waals surface area (Å²) in [7, 11) is 0. The summed E-state index contributed by atoms with van der Waals surface area (Å²) in [5.74, 6) is -0.210. The molecule has 170 valence electrons. The van der Waals surface area contributed by atoms with Crippen LogP contribution in [0, 0.1) is 0 Å². The number of anilines is 1. The fourth-order valence-corrected chi connectivity index (χ4v) is 3.31. The molecule has 0 aromatic heterocycles. The lowest BCUT2D eigenvalue weighted by atomic mass is 10.1. The van der Waals surface area contributed by atoms with Crippen LogP contribution in [0.15, 0.2) is 36.4 Å². The van der Waals surface area contributed by atoms with Crippen LogP contribution in [0.2, 0.25) is 0 Å². The lowest BCUT2D eigenvalue weighted by Gasteiger charge is -2.29. The molecule has 0 atom stereocenters. The van der Waals surface area contributed by atoms with Gasteiger partial charge in [0, 0.05) is 6.54 Å². The van der Waals surface area contributed by atoms with Gasteiger partial charge in [-0.2, -0.15) is 0 Å². The van der Waals surface area contributed by atoms with E-state index in [4.69, 9.17) is 14.2 Å². The quantitative estimate of drug-likeness (QED) is 0.580. The van der Waals surface area contributed by atoms with Crippen LogP contribution in [-0.2, 0) is 16.0 Å². The third kappa shape index (κ3) is 5.48. The van der Waals surface area contributed by atoms with Crippen molar-refractivity contribution in [2.75, 3.05) is 37.8 Å². The average Bonchev–Trinajstić information content (AvgIpc) is 2.77. The smallest absolute Gasteiger partial charge is 0.335 e. The van der Waals surface area contributed by atoms with E-state index in [-0.39, 0.29) is 30.3 Å². The summed E-state index contributed by atoms with van der Waals surface area (Å²) >= 11 is 0. The topological polar surface area (TPSA) is 114 Å². The van der Waals surface area contributed by atoms with E-state index in [1.807, 2.05) is 32.0 Å². The molecule has 1 aliphatic rings. The molecule has 1 aliphatic heterocycles. The van der Waals surface area contributed by atoms with Crippen LogP contribution in [0.25, 0.3) is 0 Å². The number of carbonyl (C=O) groups is 3. The van der Waals surface area contributed by atoms with E-state index in [1.54, 1.807) is 0 Å². The van der Waals surface area contributed by atoms with Gasteiger partial charge in [0.2, 0.25) is 5.91 Å². The van der Waals surface area contributed by atoms with Crippen LogP contribution >= 0.6 is 0 Å². The Morgan fingerprint density at radius 1 is 1.09 bits per heavy atom. The van der Waals surface area contributed by atoms with E-state index in [2.05, 4.69) is 5.32 Å². The van der Waals surface area contributed by atoms with E-state index in [0.717, 1.165) is 5.56 Å². The van der Waals surface area contributed by atoms with Crippen molar-refractivity contribution in [3.05, 3.63) is 47.5 Å². The fourth-order valence-electron chi connectivity index (χ4n) is 3.31. The van der Waals surface area contributed by atoms with Gasteiger partial charge in [-0.3, -0.25) is 14.5 Å². The summed E-state index contributed by atoms with van der Waals surface area (Å²) in [5.41, 5.74) is 1.24. The molecular formula is C23H26N2O7. The number of hydrogen-bond donors (Lipinski definition) is 2. The number of ether oxygens (including phenoxy) is 3. The largest absolute Gasteiger partial charge is 0.490 e. The number of nitrogens with zero attached hydrogens (tertiary/aromatic N) is 1. The Morgan fingerprint density at radius 2 is 1.84 bits per heavy atom. The van der Waals surface area contributed by atoms with E-state index in [9.17, 15) is 19.5 Å². The van der Waals surface area contributed by atoms with Crippen molar-refractivity contribution in [3.8, 4) is 17.2 Å². The third-order valence-electron chi connectivity index (χ3n) is 4.79. The number of fused-ring (bicyclic) bond motifs is 1. The van der Waals surface area contributed by atoms with Gasteiger partial charge in [-0.15, -0.1) is 0 Å². The number of rotatable bonds is 10. The minimum Gasteiger partial charge on any atom is -0.490 e. The summed E-state index contributed by atoms with van der Waals surface area (Å²) in [5, 5.41) is 12.0. The zero-order chi connectivity index (χ0) is 23.1. The van der Waals surface area contributed by atoms with Crippen LogP contribution in [0.1, 0.15) is 29.8 Å². The summed E-state index contributed by atoms with van der Waals surface area (Å²) in [6.45, 7) is 4.77. The Labute approximate surface area is 185 Å². The first-order valence-electron chi connectivity index (χ1n) is 10.4. The van der Waals surface area contributed by atoms with Crippen molar-refractivity contribution in [3.63, 3.8) is 0 Å². The number of carboxylic acids is 1. The van der Waals surface area contributed by atoms with Crippen molar-refractivity contribution in [1.82, 2.24) is 5.32 Å². The van der Waals surface area contributed by atoms with Gasteiger partial charge in [-0.1, -0.05) is 6.07 Å². The van der Waals surface area contributed by atoms with Crippen molar-refractivity contribution < 1.29 is 33.7 Å². The molecule has 2 N–H and O–H groups in total. The molecule has 3 rings (SSSR count). The molecule has 9 heteroatoms. The zero-order valence-electron chi connectivity index (χ0n) is 18.1. The second-order valence-electron chi connectivity index (χ2n) is 7.00. The molecule has 0 aliphatic carbocycles. The van der Waals surface area contributed by atoms with Crippen LogP contribution in [0.3, 0.4) is 0 Å². The molecule has 0 unspecified atom stereocenters. The highest BCUT2D eigenvalue weighted by atomic mass is 16.5. The first-order valence-corrected chi connectivity index (χ1v) is 10.4. The van der Waals surface area contributed by atoms with Gasteiger partial charge in [0.1, 0.15) is 12.3 Å². The SMILES string of the molecule is CCOc1ccc(CCNC(=O)CN2C(=O)COc3ccc(C(=O)O)cc32)cc1OCC. The molecule has 0 spiro atoms. The maximum atomic E-state index is 12.5. The van der Waals surface area contributed by atoms with Gasteiger partial charge in [0.25, 0.3) is 5.91 Å². The van der Waals surface area contributed by atoms with Gasteiger partial charge in [-0.05, 0) is 56.2 Å². The number of aromatic carboxylic acids is 1. The molecule has 1 heterocycles. The highest BCUT2D eigenvalue weighted by molar-refractivity contribution is 6.03. The minimum atomic E-state index is -1.13. The number of amides is 2. The Morgan fingerprint density at radius 3 is 2.56 bits per heavy atom. The summed E-state index contributed by atoms with van der Waals surface area (Å²) in [4.78, 5) is 37.3. The van der Waals surface area contributed by atoms with Crippen molar-refractivity contribution in [2.24, 2.45) is 0 Å². The summed E-state index contributed by atoms with van der Waals surface area (Å²) in [6.07, 6.45) is 0.565. The number of carbonyl (C=O) groups excluding carboxylic acids is 2. The number of carboxylic acid groups (broad SMARTS) is 1. The number of hydrogen-bond acceptors (Lipinski definition) is 6. The second kappa shape index (κ2) is 10.5. The molecule has 0 fully saturated rings. The second-order valence-corrected chi connectivity index (χ2v) is 7.00. The van der Waals surface area contributed by atoms with Gasteiger partial charge >= 0.3 is 5.97 Å². The van der Waals surface area contributed by atoms with Gasteiger partial charge in [-0.25, -0.2) is 4.79 Å². The van der Waals surface area contributed by atoms with Crippen LogP contribution in [-0.4, -0.2) is 55.8 Å². The monoisotopic (exact) mass is 442 g/mol. The Balaban J connectivity index is 1.61. The third-order valence-corrected chi connectivity index (χ3v) is 4.79. The first-order chi connectivity index (χ1) is 15.4. The number of nitrogens with one attached hydrogen (secondary N) is 1. The van der Waals surface area contributed by atoms with Crippen molar-refractivity contribution in [1.29, 1.82) is 0 Å². The molecule has 0 saturated carbocycles. The normalized spacial score (nSPS) is 12.6. The molecule has 0 bridgehead atoms.